The van der Waals surface area contributed by atoms with Gasteiger partial charge in [0.1, 0.15) is 0 Å². The summed E-state index contributed by atoms with van der Waals surface area (Å²) < 4.78 is 0. The lowest BCUT2D eigenvalue weighted by molar-refractivity contribution is 0.232. The Hall–Kier alpha value is -0.490. The van der Waals surface area contributed by atoms with Crippen LogP contribution in [0.25, 0.3) is 0 Å². The first-order chi connectivity index (χ1) is 8.75. The van der Waals surface area contributed by atoms with Crippen molar-refractivity contribution in [1.82, 2.24) is 20.1 Å². The van der Waals surface area contributed by atoms with Gasteiger partial charge in [-0.15, -0.1) is 11.3 Å². The maximum absolute atomic E-state index is 4.31. The molecule has 4 nitrogen and oxygen atoms in total. The fourth-order valence-electron chi connectivity index (χ4n) is 2.24. The summed E-state index contributed by atoms with van der Waals surface area (Å²) in [5.41, 5.74) is 3.13. The van der Waals surface area contributed by atoms with Crippen LogP contribution in [-0.4, -0.2) is 61.1 Å². The van der Waals surface area contributed by atoms with Crippen LogP contribution in [-0.2, 0) is 6.54 Å². The average molecular weight is 268 g/mol. The molecule has 1 aromatic heterocycles. The predicted molar refractivity (Wildman–Crippen MR) is 77.1 cm³/mol. The molecule has 0 atom stereocenters. The highest BCUT2D eigenvalue weighted by molar-refractivity contribution is 7.09. The minimum Gasteiger partial charge on any atom is -0.315 e. The number of likely N-dealkylation sites (N-methyl/N-ethyl adjacent to an activating group) is 1. The second-order valence-electron chi connectivity index (χ2n) is 5.04. The van der Waals surface area contributed by atoms with E-state index >= 15 is 0 Å². The van der Waals surface area contributed by atoms with E-state index in [-0.39, 0.29) is 0 Å². The summed E-state index contributed by atoms with van der Waals surface area (Å²) >= 11 is 1.77. The smallest absolute Gasteiger partial charge is 0.0798 e. The van der Waals surface area contributed by atoms with Crippen LogP contribution in [0.5, 0.6) is 0 Å². The number of aryl methyl sites for hydroxylation is 1. The number of thiazole rings is 1. The Morgan fingerprint density at radius 2 is 2.33 bits per heavy atom. The molecule has 0 aliphatic carbocycles. The molecule has 2 rings (SSSR count). The Morgan fingerprint density at radius 3 is 3.11 bits per heavy atom. The summed E-state index contributed by atoms with van der Waals surface area (Å²) in [6.07, 6.45) is 1.28. The van der Waals surface area contributed by atoms with Gasteiger partial charge in [0, 0.05) is 37.6 Å². The van der Waals surface area contributed by atoms with Crippen molar-refractivity contribution in [2.24, 2.45) is 0 Å². The highest BCUT2D eigenvalue weighted by atomic mass is 32.1. The van der Waals surface area contributed by atoms with E-state index in [2.05, 4.69) is 34.1 Å². The van der Waals surface area contributed by atoms with E-state index in [9.17, 15) is 0 Å². The summed E-state index contributed by atoms with van der Waals surface area (Å²) in [6.45, 7) is 10.2. The van der Waals surface area contributed by atoms with Gasteiger partial charge in [0.2, 0.25) is 0 Å². The summed E-state index contributed by atoms with van der Waals surface area (Å²) in [5.74, 6) is 0. The second kappa shape index (κ2) is 7.19. The van der Waals surface area contributed by atoms with Crippen LogP contribution in [0.1, 0.15) is 17.0 Å². The van der Waals surface area contributed by atoms with Crippen LogP contribution in [0, 0.1) is 6.92 Å². The Kier molecular flexibility index (Phi) is 5.56. The van der Waals surface area contributed by atoms with Crippen LogP contribution < -0.4 is 5.32 Å². The maximum Gasteiger partial charge on any atom is 0.0798 e. The zero-order valence-corrected chi connectivity index (χ0v) is 12.3. The molecule has 0 spiro atoms. The van der Waals surface area contributed by atoms with Crippen LogP contribution in [0.3, 0.4) is 0 Å². The summed E-state index contributed by atoms with van der Waals surface area (Å²) in [7, 11) is 2.20. The van der Waals surface area contributed by atoms with Crippen LogP contribution in [0.15, 0.2) is 5.51 Å². The fraction of sp³-hybridized carbons (Fsp3) is 0.769. The van der Waals surface area contributed by atoms with Crippen molar-refractivity contribution >= 4 is 11.3 Å². The van der Waals surface area contributed by atoms with Crippen molar-refractivity contribution in [3.8, 4) is 0 Å². The van der Waals surface area contributed by atoms with Crippen molar-refractivity contribution < 1.29 is 0 Å². The molecule has 0 unspecified atom stereocenters. The summed E-state index contributed by atoms with van der Waals surface area (Å²) in [4.78, 5) is 10.7. The zero-order chi connectivity index (χ0) is 12.8. The molecule has 1 saturated heterocycles. The van der Waals surface area contributed by atoms with Crippen LogP contribution >= 0.6 is 11.3 Å². The minimum atomic E-state index is 1.03. The molecular weight excluding hydrogens is 244 g/mol. The molecule has 0 aromatic carbocycles. The predicted octanol–water partition coefficient (Wildman–Crippen LogP) is 1.18. The zero-order valence-electron chi connectivity index (χ0n) is 11.5. The van der Waals surface area contributed by atoms with Crippen LogP contribution in [0.2, 0.25) is 0 Å². The molecule has 0 bridgehead atoms. The Morgan fingerprint density at radius 1 is 1.44 bits per heavy atom. The van der Waals surface area contributed by atoms with Gasteiger partial charge in [-0.25, -0.2) is 4.98 Å². The van der Waals surface area contributed by atoms with E-state index < -0.39 is 0 Å². The molecule has 1 N–H and O–H groups in total. The standard InChI is InChI=1S/C13H24N4S/c1-12-13(18-11-15-12)10-16(2)8-9-17-6-3-4-14-5-7-17/h11,14H,3-10H2,1-2H3. The number of nitrogens with one attached hydrogen (secondary N) is 1. The van der Waals surface area contributed by atoms with E-state index in [0.717, 1.165) is 19.6 Å². The highest BCUT2D eigenvalue weighted by Crippen LogP contribution is 2.13. The summed E-state index contributed by atoms with van der Waals surface area (Å²) in [5, 5.41) is 3.45. The van der Waals surface area contributed by atoms with E-state index in [1.54, 1.807) is 11.3 Å². The molecule has 2 heterocycles. The number of aromatic nitrogens is 1. The van der Waals surface area contributed by atoms with Gasteiger partial charge in [-0.1, -0.05) is 0 Å². The molecule has 0 radical (unpaired) electrons. The van der Waals surface area contributed by atoms with Crippen molar-refractivity contribution in [3.05, 3.63) is 16.1 Å². The molecule has 102 valence electrons. The maximum atomic E-state index is 4.31. The number of rotatable bonds is 5. The molecule has 1 aliphatic rings. The lowest BCUT2D eigenvalue weighted by Crippen LogP contribution is -2.35. The van der Waals surface area contributed by atoms with Gasteiger partial charge in [0.05, 0.1) is 11.2 Å². The highest BCUT2D eigenvalue weighted by Gasteiger charge is 2.10. The van der Waals surface area contributed by atoms with Crippen molar-refractivity contribution in [2.45, 2.75) is 19.9 Å². The first kappa shape index (κ1) is 13.9. The fourth-order valence-corrected chi connectivity index (χ4v) is 3.10. The van der Waals surface area contributed by atoms with Gasteiger partial charge in [-0.05, 0) is 33.5 Å². The van der Waals surface area contributed by atoms with Gasteiger partial charge in [-0.3, -0.25) is 4.90 Å². The molecule has 1 fully saturated rings. The van der Waals surface area contributed by atoms with Gasteiger partial charge in [-0.2, -0.15) is 0 Å². The van der Waals surface area contributed by atoms with E-state index in [1.165, 1.54) is 43.2 Å². The average Bonchev–Trinajstić information content (AvgIpc) is 2.63. The third-order valence-electron chi connectivity index (χ3n) is 3.49. The largest absolute Gasteiger partial charge is 0.315 e. The molecule has 18 heavy (non-hydrogen) atoms. The Balaban J connectivity index is 1.70. The normalized spacial score (nSPS) is 18.2. The minimum absolute atomic E-state index is 1.03. The quantitative estimate of drug-likeness (QED) is 0.869. The molecule has 1 aliphatic heterocycles. The second-order valence-corrected chi connectivity index (χ2v) is 5.98. The first-order valence-electron chi connectivity index (χ1n) is 6.76. The van der Waals surface area contributed by atoms with Crippen molar-refractivity contribution in [2.75, 3.05) is 46.3 Å². The summed E-state index contributed by atoms with van der Waals surface area (Å²) in [6, 6.07) is 0. The van der Waals surface area contributed by atoms with Gasteiger partial charge < -0.3 is 10.2 Å². The molecule has 0 saturated carbocycles. The van der Waals surface area contributed by atoms with E-state index in [0.29, 0.717) is 0 Å². The van der Waals surface area contributed by atoms with Gasteiger partial charge >= 0.3 is 0 Å². The lowest BCUT2D eigenvalue weighted by Gasteiger charge is -2.23. The molecule has 5 heteroatoms. The molecular formula is C13H24N4S. The van der Waals surface area contributed by atoms with Crippen molar-refractivity contribution in [1.29, 1.82) is 0 Å². The first-order valence-corrected chi connectivity index (χ1v) is 7.64. The monoisotopic (exact) mass is 268 g/mol. The van der Waals surface area contributed by atoms with E-state index in [1.807, 2.05) is 5.51 Å². The van der Waals surface area contributed by atoms with Gasteiger partial charge in [0.25, 0.3) is 0 Å². The SMILES string of the molecule is Cc1ncsc1CN(C)CCN1CCCNCC1. The molecule has 1 aromatic rings. The van der Waals surface area contributed by atoms with Crippen LogP contribution in [0.4, 0.5) is 0 Å². The Labute approximate surface area is 114 Å². The third kappa shape index (κ3) is 4.31. The third-order valence-corrected chi connectivity index (χ3v) is 4.41. The topological polar surface area (TPSA) is 31.4 Å². The molecule has 0 amide bonds. The number of nitrogens with zero attached hydrogens (tertiary/aromatic N) is 3. The lowest BCUT2D eigenvalue weighted by atomic mass is 10.3. The number of hydrogen-bond acceptors (Lipinski definition) is 5. The number of hydrogen-bond donors (Lipinski definition) is 1. The Bertz CT molecular complexity index is 345. The van der Waals surface area contributed by atoms with E-state index in [4.69, 9.17) is 0 Å². The van der Waals surface area contributed by atoms with Crippen molar-refractivity contribution in [3.63, 3.8) is 0 Å². The van der Waals surface area contributed by atoms with Gasteiger partial charge in [0.15, 0.2) is 0 Å².